The Morgan fingerprint density at radius 2 is 1.75 bits per heavy atom. The molecule has 142 valence electrons. The van der Waals surface area contributed by atoms with Crippen LogP contribution in [0, 0.1) is 12.7 Å². The highest BCUT2D eigenvalue weighted by Gasteiger charge is 2.12. The van der Waals surface area contributed by atoms with Crippen molar-refractivity contribution < 1.29 is 14.0 Å². The molecule has 1 amide bonds. The Kier molecular flexibility index (Phi) is 5.74. The molecule has 0 aliphatic rings. The molecule has 0 bridgehead atoms. The number of nitrogens with one attached hydrogen (secondary N) is 2. The van der Waals surface area contributed by atoms with E-state index in [0.29, 0.717) is 22.5 Å². The number of anilines is 2. The van der Waals surface area contributed by atoms with E-state index >= 15 is 0 Å². The number of benzene rings is 2. The summed E-state index contributed by atoms with van der Waals surface area (Å²) in [5, 5.41) is 5.68. The lowest BCUT2D eigenvalue weighted by Gasteiger charge is -2.09. The number of hydrogen-bond donors (Lipinski definition) is 2. The number of ketones is 1. The summed E-state index contributed by atoms with van der Waals surface area (Å²) in [5.41, 5.74) is 2.46. The Morgan fingerprint density at radius 1 is 1.04 bits per heavy atom. The third kappa shape index (κ3) is 4.76. The van der Waals surface area contributed by atoms with Crippen LogP contribution < -0.4 is 10.6 Å². The fraction of sp³-hybridized carbons (Fsp3) is 0.143. The molecule has 0 aliphatic carbocycles. The molecule has 3 aromatic rings. The van der Waals surface area contributed by atoms with Crippen LogP contribution in [0.3, 0.4) is 0 Å². The largest absolute Gasteiger partial charge is 0.347 e. The van der Waals surface area contributed by atoms with Crippen molar-refractivity contribution in [3.05, 3.63) is 82.9 Å². The molecule has 0 atom stereocenters. The van der Waals surface area contributed by atoms with Gasteiger partial charge in [0, 0.05) is 29.1 Å². The Labute approximate surface area is 161 Å². The smallest absolute Gasteiger partial charge is 0.270 e. The maximum atomic E-state index is 13.7. The number of amides is 1. The van der Waals surface area contributed by atoms with E-state index < -0.39 is 5.91 Å². The highest BCUT2D eigenvalue weighted by Crippen LogP contribution is 2.15. The van der Waals surface area contributed by atoms with E-state index in [2.05, 4.69) is 20.6 Å². The Balaban J connectivity index is 1.72. The highest BCUT2D eigenvalue weighted by atomic mass is 19.1. The van der Waals surface area contributed by atoms with Gasteiger partial charge < -0.3 is 10.6 Å². The molecule has 0 spiro atoms. The SMILES string of the molecule is CC(=O)c1ccc(Nc2nc(C)cc(C(=O)NCc3ccccc3F)n2)cc1. The normalized spacial score (nSPS) is 10.4. The van der Waals surface area contributed by atoms with Crippen molar-refractivity contribution in [1.29, 1.82) is 0 Å². The maximum Gasteiger partial charge on any atom is 0.270 e. The van der Waals surface area contributed by atoms with Crippen LogP contribution >= 0.6 is 0 Å². The lowest BCUT2D eigenvalue weighted by Crippen LogP contribution is -2.25. The van der Waals surface area contributed by atoms with Gasteiger partial charge in [0.05, 0.1) is 0 Å². The van der Waals surface area contributed by atoms with E-state index in [4.69, 9.17) is 0 Å². The van der Waals surface area contributed by atoms with Gasteiger partial charge in [0.15, 0.2) is 5.78 Å². The van der Waals surface area contributed by atoms with Crippen LogP contribution in [0.5, 0.6) is 0 Å². The third-order valence-electron chi connectivity index (χ3n) is 4.03. The van der Waals surface area contributed by atoms with Gasteiger partial charge in [-0.15, -0.1) is 0 Å². The average Bonchev–Trinajstić information content (AvgIpc) is 2.67. The molecule has 7 heteroatoms. The monoisotopic (exact) mass is 378 g/mol. The zero-order valence-electron chi connectivity index (χ0n) is 15.5. The first-order valence-corrected chi connectivity index (χ1v) is 8.67. The second kappa shape index (κ2) is 8.39. The van der Waals surface area contributed by atoms with Gasteiger partial charge in [-0.25, -0.2) is 14.4 Å². The third-order valence-corrected chi connectivity index (χ3v) is 4.03. The average molecular weight is 378 g/mol. The van der Waals surface area contributed by atoms with Crippen LogP contribution in [0.1, 0.15) is 39.0 Å². The van der Waals surface area contributed by atoms with Gasteiger partial charge in [0.25, 0.3) is 5.91 Å². The molecule has 0 radical (unpaired) electrons. The summed E-state index contributed by atoms with van der Waals surface area (Å²) in [4.78, 5) is 32.3. The number of carbonyl (C=O) groups is 2. The van der Waals surface area contributed by atoms with Crippen LogP contribution in [0.15, 0.2) is 54.6 Å². The number of hydrogen-bond acceptors (Lipinski definition) is 5. The highest BCUT2D eigenvalue weighted by molar-refractivity contribution is 5.94. The Morgan fingerprint density at radius 3 is 2.43 bits per heavy atom. The fourth-order valence-electron chi connectivity index (χ4n) is 2.57. The summed E-state index contributed by atoms with van der Waals surface area (Å²) in [6, 6.07) is 14.7. The zero-order valence-corrected chi connectivity index (χ0v) is 15.5. The molecule has 0 unspecified atom stereocenters. The summed E-state index contributed by atoms with van der Waals surface area (Å²) < 4.78 is 13.7. The van der Waals surface area contributed by atoms with Gasteiger partial charge >= 0.3 is 0 Å². The summed E-state index contributed by atoms with van der Waals surface area (Å²) in [7, 11) is 0. The van der Waals surface area contributed by atoms with Crippen LogP contribution in [0.2, 0.25) is 0 Å². The maximum absolute atomic E-state index is 13.7. The lowest BCUT2D eigenvalue weighted by molar-refractivity contribution is 0.0944. The fourth-order valence-corrected chi connectivity index (χ4v) is 2.57. The predicted octanol–water partition coefficient (Wildman–Crippen LogP) is 3.80. The van der Waals surface area contributed by atoms with Crippen molar-refractivity contribution >= 4 is 23.3 Å². The minimum absolute atomic E-state index is 0.0211. The minimum atomic E-state index is -0.427. The molecule has 0 fully saturated rings. The molecule has 6 nitrogen and oxygen atoms in total. The van der Waals surface area contributed by atoms with Crippen molar-refractivity contribution in [2.24, 2.45) is 0 Å². The second-order valence-electron chi connectivity index (χ2n) is 6.25. The standard InChI is InChI=1S/C21H19FN4O2/c1-13-11-19(20(28)23-12-16-5-3-4-6-18(16)22)26-21(24-13)25-17-9-7-15(8-10-17)14(2)27/h3-11H,12H2,1-2H3,(H,23,28)(H,24,25,26). The lowest BCUT2D eigenvalue weighted by atomic mass is 10.1. The number of nitrogens with zero attached hydrogens (tertiary/aromatic N) is 2. The number of carbonyl (C=O) groups excluding carboxylic acids is 2. The van der Waals surface area contributed by atoms with Crippen molar-refractivity contribution in [2.75, 3.05) is 5.32 Å². The molecule has 2 aromatic carbocycles. The molecule has 2 N–H and O–H groups in total. The van der Waals surface area contributed by atoms with E-state index in [0.717, 1.165) is 0 Å². The molecule has 1 heterocycles. The van der Waals surface area contributed by atoms with Gasteiger partial charge in [-0.2, -0.15) is 0 Å². The van der Waals surface area contributed by atoms with Gasteiger partial charge in [0.1, 0.15) is 11.5 Å². The number of aromatic nitrogens is 2. The number of aryl methyl sites for hydroxylation is 1. The van der Waals surface area contributed by atoms with Crippen molar-refractivity contribution in [2.45, 2.75) is 20.4 Å². The summed E-state index contributed by atoms with van der Waals surface area (Å²) in [6.07, 6.45) is 0. The van der Waals surface area contributed by atoms with E-state index in [1.807, 2.05) is 0 Å². The van der Waals surface area contributed by atoms with Crippen LogP contribution in [0.4, 0.5) is 16.0 Å². The van der Waals surface area contributed by atoms with Gasteiger partial charge in [-0.3, -0.25) is 9.59 Å². The Bertz CT molecular complexity index is 1020. The molecule has 1 aromatic heterocycles. The molecule has 28 heavy (non-hydrogen) atoms. The van der Waals surface area contributed by atoms with Crippen molar-refractivity contribution in [3.63, 3.8) is 0 Å². The van der Waals surface area contributed by atoms with Crippen LogP contribution in [-0.4, -0.2) is 21.7 Å². The summed E-state index contributed by atoms with van der Waals surface area (Å²) >= 11 is 0. The molecular formula is C21H19FN4O2. The first kappa shape index (κ1) is 19.2. The zero-order chi connectivity index (χ0) is 20.1. The predicted molar refractivity (Wildman–Crippen MR) is 104 cm³/mol. The first-order chi connectivity index (χ1) is 13.4. The molecule has 0 aliphatic heterocycles. The van der Waals surface area contributed by atoms with E-state index in [1.165, 1.54) is 13.0 Å². The van der Waals surface area contributed by atoms with Crippen LogP contribution in [-0.2, 0) is 6.54 Å². The second-order valence-corrected chi connectivity index (χ2v) is 6.25. The summed E-state index contributed by atoms with van der Waals surface area (Å²) in [5.74, 6) is -0.569. The molecule has 0 saturated carbocycles. The van der Waals surface area contributed by atoms with Crippen LogP contribution in [0.25, 0.3) is 0 Å². The molecule has 0 saturated heterocycles. The Hall–Kier alpha value is -3.61. The van der Waals surface area contributed by atoms with Gasteiger partial charge in [-0.05, 0) is 50.2 Å². The van der Waals surface area contributed by atoms with E-state index in [1.54, 1.807) is 55.5 Å². The number of halogens is 1. The molecule has 3 rings (SSSR count). The quantitative estimate of drug-likeness (QED) is 0.638. The molecular weight excluding hydrogens is 359 g/mol. The van der Waals surface area contributed by atoms with Gasteiger partial charge in [0.2, 0.25) is 5.95 Å². The van der Waals surface area contributed by atoms with Crippen molar-refractivity contribution in [3.8, 4) is 0 Å². The number of rotatable bonds is 6. The van der Waals surface area contributed by atoms with Gasteiger partial charge in [-0.1, -0.05) is 18.2 Å². The van der Waals surface area contributed by atoms with E-state index in [9.17, 15) is 14.0 Å². The van der Waals surface area contributed by atoms with Crippen molar-refractivity contribution in [1.82, 2.24) is 15.3 Å². The number of Topliss-reactive ketones (excluding diaryl/α,β-unsaturated/α-hetero) is 1. The van der Waals surface area contributed by atoms with E-state index in [-0.39, 0.29) is 29.8 Å². The minimum Gasteiger partial charge on any atom is -0.347 e. The first-order valence-electron chi connectivity index (χ1n) is 8.67. The summed E-state index contributed by atoms with van der Waals surface area (Å²) in [6.45, 7) is 3.31. The topological polar surface area (TPSA) is 84.0 Å².